The first-order valence-electron chi connectivity index (χ1n) is 6.50. The lowest BCUT2D eigenvalue weighted by Crippen LogP contribution is -2.26. The zero-order valence-electron chi connectivity index (χ0n) is 11.1. The molecule has 2 heteroatoms. The second-order valence-corrected chi connectivity index (χ2v) is 6.38. The molecule has 0 radical (unpaired) electrons. The van der Waals surface area contributed by atoms with Crippen molar-refractivity contribution in [3.63, 3.8) is 0 Å². The number of hydrogen-bond donors (Lipinski definition) is 1. The molecular formula is C15H23NS. The smallest absolute Gasteiger partial charge is 0.0208 e. The van der Waals surface area contributed by atoms with Crippen molar-refractivity contribution in [1.29, 1.82) is 0 Å². The first kappa shape index (κ1) is 13.0. The van der Waals surface area contributed by atoms with Crippen LogP contribution in [0.25, 0.3) is 0 Å². The Morgan fingerprint density at radius 3 is 2.47 bits per heavy atom. The van der Waals surface area contributed by atoms with E-state index in [1.165, 1.54) is 36.0 Å². The highest BCUT2D eigenvalue weighted by molar-refractivity contribution is 7.99. The number of thioether (sulfide) groups is 1. The molecule has 1 aliphatic rings. The fraction of sp³-hybridized carbons (Fsp3) is 0.600. The summed E-state index contributed by atoms with van der Waals surface area (Å²) in [7, 11) is 0. The molecule has 1 aromatic carbocycles. The molecule has 0 amide bonds. The largest absolute Gasteiger partial charge is 0.310 e. The molecule has 0 spiro atoms. The van der Waals surface area contributed by atoms with Crippen LogP contribution in [-0.4, -0.2) is 17.5 Å². The molecule has 1 aliphatic carbocycles. The van der Waals surface area contributed by atoms with Crippen molar-refractivity contribution in [1.82, 2.24) is 5.32 Å². The van der Waals surface area contributed by atoms with Crippen molar-refractivity contribution in [2.75, 3.05) is 6.26 Å². The van der Waals surface area contributed by atoms with Gasteiger partial charge >= 0.3 is 0 Å². The van der Waals surface area contributed by atoms with E-state index in [1.807, 2.05) is 11.8 Å². The Morgan fingerprint density at radius 2 is 1.88 bits per heavy atom. The fourth-order valence-electron chi connectivity index (χ4n) is 2.77. The summed E-state index contributed by atoms with van der Waals surface area (Å²) in [6.07, 6.45) is 6.30. The van der Waals surface area contributed by atoms with Gasteiger partial charge in [-0.3, -0.25) is 0 Å². The predicted octanol–water partition coefficient (Wildman–Crippen LogP) is 3.68. The van der Waals surface area contributed by atoms with E-state index in [2.05, 4.69) is 43.6 Å². The topological polar surface area (TPSA) is 12.0 Å². The molecule has 94 valence electrons. The van der Waals surface area contributed by atoms with Gasteiger partial charge in [-0.15, -0.1) is 0 Å². The maximum atomic E-state index is 3.70. The minimum Gasteiger partial charge on any atom is -0.310 e. The third-order valence-corrected chi connectivity index (χ3v) is 4.69. The lowest BCUT2D eigenvalue weighted by Gasteiger charge is -2.13. The third kappa shape index (κ3) is 3.75. The van der Waals surface area contributed by atoms with E-state index in [0.717, 1.165) is 17.8 Å². The zero-order valence-corrected chi connectivity index (χ0v) is 11.9. The van der Waals surface area contributed by atoms with Gasteiger partial charge in [0.05, 0.1) is 0 Å². The maximum absolute atomic E-state index is 3.70. The van der Waals surface area contributed by atoms with Gasteiger partial charge in [-0.25, -0.2) is 0 Å². The maximum Gasteiger partial charge on any atom is 0.0208 e. The summed E-state index contributed by atoms with van der Waals surface area (Å²) < 4.78 is 0. The van der Waals surface area contributed by atoms with E-state index < -0.39 is 0 Å². The first-order valence-corrected chi connectivity index (χ1v) is 7.79. The lowest BCUT2D eigenvalue weighted by molar-refractivity contribution is 0.525. The van der Waals surface area contributed by atoms with Crippen LogP contribution in [0, 0.1) is 13.8 Å². The molecule has 0 aromatic heterocycles. The van der Waals surface area contributed by atoms with Gasteiger partial charge in [0.1, 0.15) is 0 Å². The molecule has 1 N–H and O–H groups in total. The summed E-state index contributed by atoms with van der Waals surface area (Å²) >= 11 is 2.02. The first-order chi connectivity index (χ1) is 8.17. The molecule has 2 unspecified atom stereocenters. The SMILES string of the molecule is CSC1CCC(NCc2cc(C)cc(C)c2)C1. The van der Waals surface area contributed by atoms with Crippen LogP contribution < -0.4 is 5.32 Å². The van der Waals surface area contributed by atoms with Crippen LogP contribution in [0.1, 0.15) is 36.0 Å². The standard InChI is InChI=1S/C15H23NS/c1-11-6-12(2)8-13(7-11)10-16-14-4-5-15(9-14)17-3/h6-8,14-16H,4-5,9-10H2,1-3H3. The molecule has 0 bridgehead atoms. The monoisotopic (exact) mass is 249 g/mol. The Bertz CT molecular complexity index is 355. The van der Waals surface area contributed by atoms with Crippen molar-refractivity contribution in [2.45, 2.75) is 50.9 Å². The summed E-state index contributed by atoms with van der Waals surface area (Å²) in [5, 5.41) is 4.58. The summed E-state index contributed by atoms with van der Waals surface area (Å²) in [5.74, 6) is 0. The molecule has 1 aromatic rings. The Morgan fingerprint density at radius 1 is 1.18 bits per heavy atom. The second-order valence-electron chi connectivity index (χ2n) is 5.24. The van der Waals surface area contributed by atoms with Gasteiger partial charge in [-0.1, -0.05) is 29.3 Å². The lowest BCUT2D eigenvalue weighted by atomic mass is 10.1. The molecule has 2 atom stereocenters. The quantitative estimate of drug-likeness (QED) is 0.873. The predicted molar refractivity (Wildman–Crippen MR) is 77.7 cm³/mol. The number of benzene rings is 1. The van der Waals surface area contributed by atoms with E-state index >= 15 is 0 Å². The van der Waals surface area contributed by atoms with Crippen LogP contribution in [0.4, 0.5) is 0 Å². The van der Waals surface area contributed by atoms with Gasteiger partial charge in [0.25, 0.3) is 0 Å². The Balaban J connectivity index is 1.85. The highest BCUT2D eigenvalue weighted by Gasteiger charge is 2.23. The third-order valence-electron chi connectivity index (χ3n) is 3.59. The van der Waals surface area contributed by atoms with Crippen LogP contribution in [0.2, 0.25) is 0 Å². The molecule has 17 heavy (non-hydrogen) atoms. The molecule has 1 saturated carbocycles. The van der Waals surface area contributed by atoms with Crippen molar-refractivity contribution in [3.05, 3.63) is 34.9 Å². The summed E-state index contributed by atoms with van der Waals surface area (Å²) in [6.45, 7) is 5.37. The molecule has 0 heterocycles. The Kier molecular flexibility index (Phi) is 4.52. The molecule has 0 aliphatic heterocycles. The Labute approximate surface area is 109 Å². The van der Waals surface area contributed by atoms with Crippen LogP contribution in [0.5, 0.6) is 0 Å². The second kappa shape index (κ2) is 5.92. The molecule has 0 saturated heterocycles. The van der Waals surface area contributed by atoms with Crippen LogP contribution in [0.3, 0.4) is 0 Å². The van der Waals surface area contributed by atoms with Crippen molar-refractivity contribution in [2.24, 2.45) is 0 Å². The van der Waals surface area contributed by atoms with E-state index in [9.17, 15) is 0 Å². The van der Waals surface area contributed by atoms with Crippen molar-refractivity contribution in [3.8, 4) is 0 Å². The average molecular weight is 249 g/mol. The van der Waals surface area contributed by atoms with Gasteiger partial charge in [0.2, 0.25) is 0 Å². The zero-order chi connectivity index (χ0) is 12.3. The summed E-state index contributed by atoms with van der Waals surface area (Å²) in [5.41, 5.74) is 4.17. The highest BCUT2D eigenvalue weighted by Crippen LogP contribution is 2.28. The summed E-state index contributed by atoms with van der Waals surface area (Å²) in [4.78, 5) is 0. The normalized spacial score (nSPS) is 24.2. The number of aryl methyl sites for hydroxylation is 2. The van der Waals surface area contributed by atoms with E-state index in [4.69, 9.17) is 0 Å². The van der Waals surface area contributed by atoms with Gasteiger partial charge in [0.15, 0.2) is 0 Å². The summed E-state index contributed by atoms with van der Waals surface area (Å²) in [6, 6.07) is 7.55. The molecular weight excluding hydrogens is 226 g/mol. The van der Waals surface area contributed by atoms with Gasteiger partial charge in [0, 0.05) is 17.8 Å². The molecule has 2 rings (SSSR count). The highest BCUT2D eigenvalue weighted by atomic mass is 32.2. The van der Waals surface area contributed by atoms with Gasteiger partial charge in [-0.05, 0) is 44.9 Å². The van der Waals surface area contributed by atoms with Gasteiger partial charge in [-0.2, -0.15) is 11.8 Å². The van der Waals surface area contributed by atoms with E-state index in [-0.39, 0.29) is 0 Å². The van der Waals surface area contributed by atoms with Crippen LogP contribution in [0.15, 0.2) is 18.2 Å². The van der Waals surface area contributed by atoms with Gasteiger partial charge < -0.3 is 5.32 Å². The fourth-order valence-corrected chi connectivity index (χ4v) is 3.57. The average Bonchev–Trinajstić information content (AvgIpc) is 2.73. The van der Waals surface area contributed by atoms with Crippen LogP contribution in [-0.2, 0) is 6.54 Å². The minimum atomic E-state index is 0.730. The van der Waals surface area contributed by atoms with E-state index in [0.29, 0.717) is 0 Å². The molecule has 1 nitrogen and oxygen atoms in total. The van der Waals surface area contributed by atoms with Crippen molar-refractivity contribution >= 4 is 11.8 Å². The van der Waals surface area contributed by atoms with Crippen LogP contribution >= 0.6 is 11.8 Å². The van der Waals surface area contributed by atoms with Crippen molar-refractivity contribution < 1.29 is 0 Å². The molecule has 1 fully saturated rings. The minimum absolute atomic E-state index is 0.730. The van der Waals surface area contributed by atoms with E-state index in [1.54, 1.807) is 0 Å². The Hall–Kier alpha value is -0.470. The number of hydrogen-bond acceptors (Lipinski definition) is 2. The number of nitrogens with one attached hydrogen (secondary N) is 1. The number of rotatable bonds is 4.